The predicted octanol–water partition coefficient (Wildman–Crippen LogP) is 1.17. The van der Waals surface area contributed by atoms with Crippen LogP contribution in [-0.4, -0.2) is 41.9 Å². The number of aryl methyl sites for hydroxylation is 1. The number of nitrogens with zero attached hydrogens (tertiary/aromatic N) is 1. The highest BCUT2D eigenvalue weighted by Crippen LogP contribution is 2.16. The van der Waals surface area contributed by atoms with Gasteiger partial charge >= 0.3 is 0 Å². The third kappa shape index (κ3) is 2.64. The number of hydrogen-bond donors (Lipinski definition) is 1. The molecule has 2 atom stereocenters. The van der Waals surface area contributed by atoms with E-state index in [2.05, 4.69) is 11.8 Å². The van der Waals surface area contributed by atoms with Crippen LogP contribution in [0.1, 0.15) is 18.4 Å². The van der Waals surface area contributed by atoms with Crippen LogP contribution in [0.3, 0.4) is 0 Å². The van der Waals surface area contributed by atoms with Crippen LogP contribution >= 0.6 is 0 Å². The Hall–Kier alpha value is -0.840. The molecule has 0 saturated carbocycles. The lowest BCUT2D eigenvalue weighted by Gasteiger charge is -2.36. The maximum absolute atomic E-state index is 9.09. The van der Waals surface area contributed by atoms with E-state index >= 15 is 0 Å². The van der Waals surface area contributed by atoms with Crippen molar-refractivity contribution in [1.82, 2.24) is 4.90 Å². The van der Waals surface area contributed by atoms with Gasteiger partial charge in [0.2, 0.25) is 0 Å². The molecule has 2 unspecified atom stereocenters. The van der Waals surface area contributed by atoms with Gasteiger partial charge in [-0.1, -0.05) is 0 Å². The fourth-order valence-corrected chi connectivity index (χ4v) is 1.98. The zero-order chi connectivity index (χ0) is 11.5. The minimum Gasteiger partial charge on any atom is -0.465 e. The Bertz CT molecular complexity index is 337. The van der Waals surface area contributed by atoms with Gasteiger partial charge in [0.15, 0.2) is 0 Å². The van der Waals surface area contributed by atoms with Crippen LogP contribution in [0.5, 0.6) is 0 Å². The van der Waals surface area contributed by atoms with Crippen LogP contribution in [-0.2, 0) is 11.3 Å². The molecule has 1 aromatic heterocycles. The van der Waals surface area contributed by atoms with Crippen molar-refractivity contribution in [3.63, 3.8) is 0 Å². The maximum atomic E-state index is 9.09. The van der Waals surface area contributed by atoms with Gasteiger partial charge in [-0.25, -0.2) is 0 Å². The van der Waals surface area contributed by atoms with Crippen LogP contribution in [0.4, 0.5) is 0 Å². The SMILES string of the molecule is Cc1ccc(CN2CC(CO)OCC2C)o1. The lowest BCUT2D eigenvalue weighted by molar-refractivity contribution is -0.0820. The van der Waals surface area contributed by atoms with Gasteiger partial charge in [-0.05, 0) is 26.0 Å². The summed E-state index contributed by atoms with van der Waals surface area (Å²) in [6.45, 7) is 6.38. The zero-order valence-electron chi connectivity index (χ0n) is 9.85. The van der Waals surface area contributed by atoms with Gasteiger partial charge in [-0.15, -0.1) is 0 Å². The average molecular weight is 225 g/mol. The molecule has 0 spiro atoms. The summed E-state index contributed by atoms with van der Waals surface area (Å²) in [5, 5.41) is 9.09. The molecule has 16 heavy (non-hydrogen) atoms. The van der Waals surface area contributed by atoms with Gasteiger partial charge in [0.1, 0.15) is 11.5 Å². The molecule has 2 heterocycles. The van der Waals surface area contributed by atoms with E-state index in [1.54, 1.807) is 0 Å². The highest BCUT2D eigenvalue weighted by Gasteiger charge is 2.26. The summed E-state index contributed by atoms with van der Waals surface area (Å²) in [7, 11) is 0. The van der Waals surface area contributed by atoms with Gasteiger partial charge in [-0.2, -0.15) is 0 Å². The molecule has 1 aliphatic heterocycles. The van der Waals surface area contributed by atoms with Crippen molar-refractivity contribution >= 4 is 0 Å². The van der Waals surface area contributed by atoms with E-state index in [9.17, 15) is 0 Å². The molecule has 4 heteroatoms. The second kappa shape index (κ2) is 4.99. The molecule has 0 amide bonds. The lowest BCUT2D eigenvalue weighted by atomic mass is 10.2. The second-order valence-electron chi connectivity index (χ2n) is 4.43. The molecule has 1 aliphatic rings. The summed E-state index contributed by atoms with van der Waals surface area (Å²) in [6.07, 6.45) is -0.0627. The van der Waals surface area contributed by atoms with Crippen LogP contribution < -0.4 is 0 Å². The summed E-state index contributed by atoms with van der Waals surface area (Å²) in [5.74, 6) is 1.91. The van der Waals surface area contributed by atoms with Crippen LogP contribution in [0.25, 0.3) is 0 Å². The van der Waals surface area contributed by atoms with Crippen molar-refractivity contribution in [2.24, 2.45) is 0 Å². The number of ether oxygens (including phenoxy) is 1. The Labute approximate surface area is 95.8 Å². The van der Waals surface area contributed by atoms with E-state index in [4.69, 9.17) is 14.3 Å². The summed E-state index contributed by atoms with van der Waals surface area (Å²) >= 11 is 0. The van der Waals surface area contributed by atoms with Gasteiger partial charge in [0.05, 0.1) is 25.9 Å². The van der Waals surface area contributed by atoms with Crippen molar-refractivity contribution in [2.45, 2.75) is 32.5 Å². The summed E-state index contributed by atoms with van der Waals surface area (Å²) in [6, 6.07) is 4.35. The van der Waals surface area contributed by atoms with E-state index < -0.39 is 0 Å². The third-order valence-corrected chi connectivity index (χ3v) is 2.99. The molecule has 0 aromatic carbocycles. The molecule has 4 nitrogen and oxygen atoms in total. The average Bonchev–Trinajstić information content (AvgIpc) is 2.67. The van der Waals surface area contributed by atoms with Gasteiger partial charge in [0, 0.05) is 12.6 Å². The first kappa shape index (κ1) is 11.6. The smallest absolute Gasteiger partial charge is 0.118 e. The standard InChI is InChI=1S/C12H19NO3/c1-9-8-15-12(7-14)6-13(9)5-11-4-3-10(2)16-11/h3-4,9,12,14H,5-8H2,1-2H3. The van der Waals surface area contributed by atoms with Crippen LogP contribution in [0.2, 0.25) is 0 Å². The minimum atomic E-state index is -0.0627. The molecule has 0 radical (unpaired) electrons. The van der Waals surface area contributed by atoms with Gasteiger partial charge < -0.3 is 14.3 Å². The van der Waals surface area contributed by atoms with Crippen molar-refractivity contribution in [3.05, 3.63) is 23.7 Å². The highest BCUT2D eigenvalue weighted by atomic mass is 16.5. The molecule has 1 aromatic rings. The van der Waals surface area contributed by atoms with E-state index in [1.807, 2.05) is 19.1 Å². The van der Waals surface area contributed by atoms with Crippen LogP contribution in [0, 0.1) is 6.92 Å². The topological polar surface area (TPSA) is 45.8 Å². The molecule has 2 rings (SSSR count). The molecular formula is C12H19NO3. The summed E-state index contributed by atoms with van der Waals surface area (Å²) in [5.41, 5.74) is 0. The monoisotopic (exact) mass is 225 g/mol. The molecule has 90 valence electrons. The van der Waals surface area contributed by atoms with Gasteiger partial charge in [0.25, 0.3) is 0 Å². The predicted molar refractivity (Wildman–Crippen MR) is 60.1 cm³/mol. The highest BCUT2D eigenvalue weighted by molar-refractivity contribution is 5.05. The van der Waals surface area contributed by atoms with Crippen molar-refractivity contribution in [1.29, 1.82) is 0 Å². The molecular weight excluding hydrogens is 206 g/mol. The Balaban J connectivity index is 1.96. The summed E-state index contributed by atoms with van der Waals surface area (Å²) in [4.78, 5) is 2.28. The first-order valence-electron chi connectivity index (χ1n) is 5.71. The fourth-order valence-electron chi connectivity index (χ4n) is 1.98. The van der Waals surface area contributed by atoms with E-state index in [1.165, 1.54) is 0 Å². The van der Waals surface area contributed by atoms with E-state index in [0.717, 1.165) is 24.6 Å². The first-order valence-corrected chi connectivity index (χ1v) is 5.71. The molecule has 1 N–H and O–H groups in total. The number of aliphatic hydroxyl groups excluding tert-OH is 1. The number of aliphatic hydroxyl groups is 1. The lowest BCUT2D eigenvalue weighted by Crippen LogP contribution is -2.48. The Morgan fingerprint density at radius 1 is 1.50 bits per heavy atom. The van der Waals surface area contributed by atoms with Gasteiger partial charge in [-0.3, -0.25) is 4.90 Å². The summed E-state index contributed by atoms with van der Waals surface area (Å²) < 4.78 is 11.0. The number of morpholine rings is 1. The Morgan fingerprint density at radius 2 is 2.31 bits per heavy atom. The normalized spacial score (nSPS) is 27.2. The van der Waals surface area contributed by atoms with Crippen molar-refractivity contribution in [3.8, 4) is 0 Å². The van der Waals surface area contributed by atoms with E-state index in [-0.39, 0.29) is 12.7 Å². The Kier molecular flexibility index (Phi) is 3.63. The Morgan fingerprint density at radius 3 is 2.94 bits per heavy atom. The second-order valence-corrected chi connectivity index (χ2v) is 4.43. The third-order valence-electron chi connectivity index (χ3n) is 2.99. The molecule has 1 fully saturated rings. The van der Waals surface area contributed by atoms with Crippen molar-refractivity contribution < 1.29 is 14.3 Å². The quantitative estimate of drug-likeness (QED) is 0.838. The van der Waals surface area contributed by atoms with Crippen molar-refractivity contribution in [2.75, 3.05) is 19.8 Å². The van der Waals surface area contributed by atoms with Crippen LogP contribution in [0.15, 0.2) is 16.5 Å². The molecule has 1 saturated heterocycles. The minimum absolute atomic E-state index is 0.0627. The first-order chi connectivity index (χ1) is 7.69. The maximum Gasteiger partial charge on any atom is 0.118 e. The molecule has 0 aliphatic carbocycles. The fraction of sp³-hybridized carbons (Fsp3) is 0.667. The molecule has 0 bridgehead atoms. The zero-order valence-corrected chi connectivity index (χ0v) is 9.85. The van der Waals surface area contributed by atoms with E-state index in [0.29, 0.717) is 12.6 Å². The number of rotatable bonds is 3. The largest absolute Gasteiger partial charge is 0.465 e. The number of hydrogen-bond acceptors (Lipinski definition) is 4. The number of furan rings is 1.